The van der Waals surface area contributed by atoms with Crippen LogP contribution < -0.4 is 9.47 Å². The van der Waals surface area contributed by atoms with Crippen molar-refractivity contribution in [3.63, 3.8) is 0 Å². The summed E-state index contributed by atoms with van der Waals surface area (Å²) >= 11 is 0. The Morgan fingerprint density at radius 1 is 0.927 bits per heavy atom. The molecule has 1 aliphatic heterocycles. The highest BCUT2D eigenvalue weighted by atomic mass is 32.2. The van der Waals surface area contributed by atoms with Crippen LogP contribution in [0.15, 0.2) is 76.0 Å². The molecule has 0 saturated carbocycles. The number of aliphatic hydroxyl groups excluding tert-OH is 1. The Kier molecular flexibility index (Phi) is 6.20. The number of rotatable bonds is 6. The number of sulfone groups is 1. The molecule has 3 heterocycles. The lowest BCUT2D eigenvalue weighted by atomic mass is 9.94. The molecule has 210 valence electrons. The molecule has 1 aliphatic rings. The van der Waals surface area contributed by atoms with Crippen LogP contribution in [-0.2, 0) is 23.5 Å². The number of aromatic nitrogens is 3. The summed E-state index contributed by atoms with van der Waals surface area (Å²) in [5.41, 5.74) is 4.58. The fourth-order valence-corrected chi connectivity index (χ4v) is 5.47. The number of ether oxygens (including phenoxy) is 2. The van der Waals surface area contributed by atoms with Crippen LogP contribution in [-0.4, -0.2) is 40.8 Å². The van der Waals surface area contributed by atoms with E-state index in [1.54, 1.807) is 49.0 Å². The standard InChI is InChI=1S/C29H23F2N3O6S/c1-16-32-27(19-8-10-25-26(13-19)40-29(30,31)39-25)28(38-16)23-12-18(17-5-4-6-21(11-17)41(3,36)37)7-9-22(23)24-14-20(15-35)33-34(24)2/h4-14,35H,15H2,1-3H3. The Morgan fingerprint density at radius 3 is 2.39 bits per heavy atom. The minimum atomic E-state index is -3.77. The first-order valence-corrected chi connectivity index (χ1v) is 14.3. The second kappa shape index (κ2) is 9.53. The Hall–Kier alpha value is -4.55. The number of halogens is 2. The van der Waals surface area contributed by atoms with Crippen molar-refractivity contribution < 1.29 is 36.2 Å². The van der Waals surface area contributed by atoms with Crippen LogP contribution >= 0.6 is 0 Å². The highest BCUT2D eigenvalue weighted by molar-refractivity contribution is 7.90. The van der Waals surface area contributed by atoms with Gasteiger partial charge in [-0.05, 0) is 53.6 Å². The molecule has 0 fully saturated rings. The van der Waals surface area contributed by atoms with E-state index in [0.717, 1.165) is 6.26 Å². The van der Waals surface area contributed by atoms with Crippen LogP contribution in [0.2, 0.25) is 0 Å². The Morgan fingerprint density at radius 2 is 1.66 bits per heavy atom. The molecule has 0 spiro atoms. The Balaban J connectivity index is 1.56. The van der Waals surface area contributed by atoms with Crippen LogP contribution in [0.4, 0.5) is 8.78 Å². The molecule has 9 nitrogen and oxygen atoms in total. The third-order valence-electron chi connectivity index (χ3n) is 6.64. The van der Waals surface area contributed by atoms with Crippen LogP contribution in [0.5, 0.6) is 11.5 Å². The number of aryl methyl sites for hydroxylation is 2. The molecule has 0 aliphatic carbocycles. The molecule has 2 aromatic heterocycles. The summed E-state index contributed by atoms with van der Waals surface area (Å²) in [5, 5.41) is 14.0. The van der Waals surface area contributed by atoms with Gasteiger partial charge in [-0.2, -0.15) is 5.10 Å². The van der Waals surface area contributed by atoms with Gasteiger partial charge in [-0.1, -0.05) is 24.3 Å². The second-order valence-corrected chi connectivity index (χ2v) is 11.6. The van der Waals surface area contributed by atoms with Gasteiger partial charge in [-0.3, -0.25) is 4.68 Å². The zero-order valence-electron chi connectivity index (χ0n) is 22.1. The summed E-state index contributed by atoms with van der Waals surface area (Å²) in [7, 11) is -1.70. The first kappa shape index (κ1) is 26.7. The fourth-order valence-electron chi connectivity index (χ4n) is 4.80. The van der Waals surface area contributed by atoms with Crippen molar-refractivity contribution in [2.24, 2.45) is 7.05 Å². The highest BCUT2D eigenvalue weighted by Gasteiger charge is 2.43. The molecular formula is C29H23F2N3O6S. The smallest absolute Gasteiger partial charge is 0.440 e. The zero-order chi connectivity index (χ0) is 29.1. The molecule has 41 heavy (non-hydrogen) atoms. The molecule has 5 aromatic rings. The van der Waals surface area contributed by atoms with Gasteiger partial charge in [0, 0.05) is 36.9 Å². The molecule has 0 bridgehead atoms. The lowest BCUT2D eigenvalue weighted by Gasteiger charge is -2.13. The normalized spacial score (nSPS) is 14.0. The minimum absolute atomic E-state index is 0.0969. The van der Waals surface area contributed by atoms with Crippen LogP contribution in [0.1, 0.15) is 11.6 Å². The van der Waals surface area contributed by atoms with Gasteiger partial charge in [0.25, 0.3) is 0 Å². The van der Waals surface area contributed by atoms with Crippen molar-refractivity contribution in [3.05, 3.63) is 78.3 Å². The van der Waals surface area contributed by atoms with Crippen molar-refractivity contribution in [3.8, 4) is 56.5 Å². The molecule has 3 aromatic carbocycles. The van der Waals surface area contributed by atoms with Gasteiger partial charge in [0.1, 0.15) is 5.69 Å². The first-order valence-electron chi connectivity index (χ1n) is 12.4. The predicted octanol–water partition coefficient (Wildman–Crippen LogP) is 5.60. The lowest BCUT2D eigenvalue weighted by molar-refractivity contribution is -0.286. The molecule has 6 rings (SSSR count). The van der Waals surface area contributed by atoms with E-state index in [9.17, 15) is 22.3 Å². The summed E-state index contributed by atoms with van der Waals surface area (Å²) < 4.78 is 68.7. The van der Waals surface area contributed by atoms with E-state index in [1.165, 1.54) is 18.2 Å². The van der Waals surface area contributed by atoms with Crippen LogP contribution in [0, 0.1) is 6.92 Å². The quantitative estimate of drug-likeness (QED) is 0.276. The number of aliphatic hydroxyl groups is 1. The topological polar surface area (TPSA) is 117 Å². The van der Waals surface area contributed by atoms with Gasteiger partial charge in [0.15, 0.2) is 33.0 Å². The minimum Gasteiger partial charge on any atom is -0.440 e. The van der Waals surface area contributed by atoms with Crippen molar-refractivity contribution in [2.45, 2.75) is 24.7 Å². The van der Waals surface area contributed by atoms with E-state index in [-0.39, 0.29) is 23.0 Å². The van der Waals surface area contributed by atoms with Crippen LogP contribution in [0.25, 0.3) is 45.0 Å². The van der Waals surface area contributed by atoms with Gasteiger partial charge in [-0.15, -0.1) is 8.78 Å². The molecule has 0 amide bonds. The Bertz CT molecular complexity index is 1930. The van der Waals surface area contributed by atoms with Crippen molar-refractivity contribution in [2.75, 3.05) is 6.26 Å². The molecule has 0 radical (unpaired) electrons. The third kappa shape index (κ3) is 4.96. The zero-order valence-corrected chi connectivity index (χ0v) is 22.9. The maximum absolute atomic E-state index is 13.7. The summed E-state index contributed by atoms with van der Waals surface area (Å²) in [5.74, 6) is 0.440. The van der Waals surface area contributed by atoms with Crippen molar-refractivity contribution in [1.82, 2.24) is 14.8 Å². The van der Waals surface area contributed by atoms with E-state index in [1.807, 2.05) is 18.2 Å². The van der Waals surface area contributed by atoms with Crippen LogP contribution in [0.3, 0.4) is 0 Å². The van der Waals surface area contributed by atoms with Gasteiger partial charge in [0.05, 0.1) is 22.9 Å². The largest absolute Gasteiger partial charge is 0.586 e. The van der Waals surface area contributed by atoms with E-state index in [2.05, 4.69) is 19.6 Å². The monoisotopic (exact) mass is 579 g/mol. The highest BCUT2D eigenvalue weighted by Crippen LogP contribution is 2.46. The van der Waals surface area contributed by atoms with E-state index in [0.29, 0.717) is 56.6 Å². The van der Waals surface area contributed by atoms with Gasteiger partial charge >= 0.3 is 6.29 Å². The number of nitrogens with zero attached hydrogens (tertiary/aromatic N) is 3. The molecule has 12 heteroatoms. The van der Waals surface area contributed by atoms with E-state index < -0.39 is 16.1 Å². The predicted molar refractivity (Wildman–Crippen MR) is 145 cm³/mol. The Labute approximate surface area is 233 Å². The molecular weight excluding hydrogens is 556 g/mol. The summed E-state index contributed by atoms with van der Waals surface area (Å²) in [4.78, 5) is 4.73. The number of hydrogen-bond acceptors (Lipinski definition) is 8. The number of alkyl halides is 2. The van der Waals surface area contributed by atoms with Crippen molar-refractivity contribution >= 4 is 9.84 Å². The van der Waals surface area contributed by atoms with Gasteiger partial charge in [-0.25, -0.2) is 13.4 Å². The average Bonchev–Trinajstić information content (AvgIpc) is 3.60. The maximum atomic E-state index is 13.7. The molecule has 0 unspecified atom stereocenters. The average molecular weight is 580 g/mol. The van der Waals surface area contributed by atoms with Gasteiger partial charge < -0.3 is 19.0 Å². The maximum Gasteiger partial charge on any atom is 0.586 e. The second-order valence-electron chi connectivity index (χ2n) is 9.60. The SMILES string of the molecule is Cc1nc(-c2ccc3c(c2)OC(F)(F)O3)c(-c2cc(-c3cccc(S(C)(=O)=O)c3)ccc2-c2cc(CO)nn2C)o1. The number of oxazole rings is 1. The number of benzene rings is 3. The first-order chi connectivity index (χ1) is 19.4. The molecule has 0 atom stereocenters. The summed E-state index contributed by atoms with van der Waals surface area (Å²) in [6.45, 7) is 1.41. The third-order valence-corrected chi connectivity index (χ3v) is 7.75. The number of fused-ring (bicyclic) bond motifs is 1. The van der Waals surface area contributed by atoms with Gasteiger partial charge in [0.2, 0.25) is 0 Å². The molecule has 0 saturated heterocycles. The summed E-state index contributed by atoms with van der Waals surface area (Å²) in [6.07, 6.45) is -2.62. The summed E-state index contributed by atoms with van der Waals surface area (Å²) in [6, 6.07) is 18.2. The van der Waals surface area contributed by atoms with E-state index >= 15 is 0 Å². The van der Waals surface area contributed by atoms with Crippen molar-refractivity contribution in [1.29, 1.82) is 0 Å². The van der Waals surface area contributed by atoms with E-state index in [4.69, 9.17) is 4.42 Å². The molecule has 1 N–H and O–H groups in total. The fraction of sp³-hybridized carbons (Fsp3) is 0.172. The lowest BCUT2D eigenvalue weighted by Crippen LogP contribution is -2.25. The number of hydrogen-bond donors (Lipinski definition) is 1.